The third kappa shape index (κ3) is 6.74. The van der Waals surface area contributed by atoms with Crippen molar-refractivity contribution in [2.24, 2.45) is 5.92 Å². The van der Waals surface area contributed by atoms with Gasteiger partial charge in [-0.05, 0) is 30.9 Å². The molecule has 0 spiro atoms. The Morgan fingerprint density at radius 2 is 1.58 bits per heavy atom. The molecule has 2 aromatic rings. The smallest absolute Gasteiger partial charge is 0.329 e. The van der Waals surface area contributed by atoms with Crippen LogP contribution in [0.5, 0.6) is 0 Å². The lowest BCUT2D eigenvalue weighted by molar-refractivity contribution is -0.287. The summed E-state index contributed by atoms with van der Waals surface area (Å²) in [5.74, 6) is -5.24. The molecule has 1 aromatic heterocycles. The second-order valence-corrected chi connectivity index (χ2v) is 9.81. The van der Waals surface area contributed by atoms with Crippen LogP contribution in [-0.4, -0.2) is 35.1 Å². The normalized spacial score (nSPS) is 15.4. The fourth-order valence-corrected chi connectivity index (χ4v) is 4.87. The first-order chi connectivity index (χ1) is 15.1. The number of anilines is 2. The number of thiazole rings is 1. The number of nitrogens with one attached hydrogen (secondary N) is 1. The molecule has 15 heteroatoms. The number of benzene rings is 1. The van der Waals surface area contributed by atoms with Crippen LogP contribution in [0.4, 0.5) is 45.9 Å². The SMILES string of the molecule is FC(F)(F)c1nc(Nc2c(Cl)cc(Cl)cc2Cl)sc1CN(CC1CC1)CC(F)(F)C(F)(F)F. The Bertz CT molecular complexity index is 982. The lowest BCUT2D eigenvalue weighted by Crippen LogP contribution is -2.47. The minimum absolute atomic E-state index is 0.00944. The van der Waals surface area contributed by atoms with Crippen molar-refractivity contribution in [1.82, 2.24) is 9.88 Å². The minimum atomic E-state index is -5.83. The summed E-state index contributed by atoms with van der Waals surface area (Å²) in [6.07, 6.45) is -9.60. The highest BCUT2D eigenvalue weighted by molar-refractivity contribution is 7.15. The van der Waals surface area contributed by atoms with Crippen LogP contribution in [0.3, 0.4) is 0 Å². The molecule has 1 aliphatic carbocycles. The second kappa shape index (κ2) is 9.52. The highest BCUT2D eigenvalue weighted by Crippen LogP contribution is 2.42. The quantitative estimate of drug-likeness (QED) is 0.328. The van der Waals surface area contributed by atoms with E-state index in [4.69, 9.17) is 34.8 Å². The van der Waals surface area contributed by atoms with Crippen LogP contribution < -0.4 is 5.32 Å². The van der Waals surface area contributed by atoms with Crippen molar-refractivity contribution < 1.29 is 35.1 Å². The molecule has 33 heavy (non-hydrogen) atoms. The van der Waals surface area contributed by atoms with Crippen molar-refractivity contribution in [3.05, 3.63) is 37.8 Å². The summed E-state index contributed by atoms with van der Waals surface area (Å²) >= 11 is 18.3. The summed E-state index contributed by atoms with van der Waals surface area (Å²) in [4.78, 5) is 3.63. The Morgan fingerprint density at radius 3 is 2.06 bits per heavy atom. The average molecular weight is 563 g/mol. The van der Waals surface area contributed by atoms with Gasteiger partial charge in [-0.15, -0.1) is 0 Å². The van der Waals surface area contributed by atoms with Crippen LogP contribution in [0.1, 0.15) is 23.4 Å². The van der Waals surface area contributed by atoms with E-state index in [1.165, 1.54) is 12.1 Å². The van der Waals surface area contributed by atoms with E-state index in [-0.39, 0.29) is 38.3 Å². The third-order valence-electron chi connectivity index (χ3n) is 4.62. The Hall–Kier alpha value is -1.08. The van der Waals surface area contributed by atoms with Crippen molar-refractivity contribution in [1.29, 1.82) is 0 Å². The molecule has 0 saturated heterocycles. The van der Waals surface area contributed by atoms with Gasteiger partial charge >= 0.3 is 18.3 Å². The van der Waals surface area contributed by atoms with Gasteiger partial charge in [-0.25, -0.2) is 4.98 Å². The van der Waals surface area contributed by atoms with Crippen LogP contribution in [0.25, 0.3) is 0 Å². The number of rotatable bonds is 8. The molecule has 1 heterocycles. The molecule has 3 nitrogen and oxygen atoms in total. The monoisotopic (exact) mass is 561 g/mol. The summed E-state index contributed by atoms with van der Waals surface area (Å²) in [6.45, 7) is -2.75. The van der Waals surface area contributed by atoms with Gasteiger partial charge in [0.25, 0.3) is 0 Å². The first kappa shape index (κ1) is 26.5. The third-order valence-corrected chi connectivity index (χ3v) is 6.39. The maximum atomic E-state index is 13.6. The van der Waals surface area contributed by atoms with Crippen molar-refractivity contribution in [2.45, 2.75) is 37.7 Å². The Kier molecular flexibility index (Phi) is 7.65. The van der Waals surface area contributed by atoms with Crippen molar-refractivity contribution >= 4 is 57.0 Å². The van der Waals surface area contributed by atoms with Crippen LogP contribution in [0.15, 0.2) is 12.1 Å². The van der Waals surface area contributed by atoms with Gasteiger partial charge in [0.15, 0.2) is 10.8 Å². The molecule has 0 amide bonds. The van der Waals surface area contributed by atoms with Crippen LogP contribution in [-0.2, 0) is 12.7 Å². The Balaban J connectivity index is 1.91. The molecule has 1 saturated carbocycles. The van der Waals surface area contributed by atoms with E-state index < -0.39 is 41.9 Å². The molecule has 0 radical (unpaired) electrons. The average Bonchev–Trinajstić information content (AvgIpc) is 3.33. The molecule has 1 N–H and O–H groups in total. The highest BCUT2D eigenvalue weighted by Gasteiger charge is 2.58. The molecule has 0 bridgehead atoms. The predicted molar refractivity (Wildman–Crippen MR) is 111 cm³/mol. The first-order valence-electron chi connectivity index (χ1n) is 9.22. The van der Waals surface area contributed by atoms with Gasteiger partial charge in [-0.1, -0.05) is 46.1 Å². The van der Waals surface area contributed by atoms with E-state index in [0.717, 1.165) is 0 Å². The lowest BCUT2D eigenvalue weighted by atomic mass is 10.2. The van der Waals surface area contributed by atoms with Crippen molar-refractivity contribution in [3.8, 4) is 0 Å². The van der Waals surface area contributed by atoms with E-state index in [2.05, 4.69) is 10.3 Å². The molecule has 0 atom stereocenters. The topological polar surface area (TPSA) is 28.2 Å². The molecule has 1 fully saturated rings. The van der Waals surface area contributed by atoms with Gasteiger partial charge in [-0.3, -0.25) is 4.90 Å². The Morgan fingerprint density at radius 1 is 1.00 bits per heavy atom. The number of hydrogen-bond donors (Lipinski definition) is 1. The zero-order chi connectivity index (χ0) is 24.8. The fourth-order valence-electron chi connectivity index (χ4n) is 2.93. The van der Waals surface area contributed by atoms with E-state index >= 15 is 0 Å². The summed E-state index contributed by atoms with van der Waals surface area (Å²) in [5.41, 5.74) is -1.39. The minimum Gasteiger partial charge on any atom is -0.329 e. The van der Waals surface area contributed by atoms with Gasteiger partial charge in [0.05, 0.1) is 27.2 Å². The molecule has 1 aliphatic rings. The number of alkyl halides is 8. The molecular formula is C18H14Cl3F8N3S. The lowest BCUT2D eigenvalue weighted by Gasteiger charge is -2.28. The number of hydrogen-bond acceptors (Lipinski definition) is 4. The van der Waals surface area contributed by atoms with Gasteiger partial charge in [0, 0.05) is 18.1 Å². The number of nitrogens with zero attached hydrogens (tertiary/aromatic N) is 2. The van der Waals surface area contributed by atoms with E-state index in [1.54, 1.807) is 0 Å². The maximum Gasteiger partial charge on any atom is 0.454 e. The fraction of sp³-hybridized carbons (Fsp3) is 0.500. The van der Waals surface area contributed by atoms with Gasteiger partial charge < -0.3 is 5.32 Å². The predicted octanol–water partition coefficient (Wildman–Crippen LogP) is 8.28. The zero-order valence-electron chi connectivity index (χ0n) is 16.2. The van der Waals surface area contributed by atoms with E-state index in [1.807, 2.05) is 0 Å². The standard InChI is InChI=1S/C18H14Cl3F8N3S/c19-9-3-10(20)13(11(21)4-9)30-15-31-14(17(24,25)26)12(33-15)6-32(5-8-1-2-8)7-16(22,23)18(27,28)29/h3-4,8H,1-2,5-7H2,(H,30,31). The maximum absolute atomic E-state index is 13.6. The van der Waals surface area contributed by atoms with Crippen LogP contribution in [0.2, 0.25) is 15.1 Å². The van der Waals surface area contributed by atoms with Crippen LogP contribution >= 0.6 is 46.1 Å². The number of aromatic nitrogens is 1. The van der Waals surface area contributed by atoms with Crippen LogP contribution in [0, 0.1) is 5.92 Å². The van der Waals surface area contributed by atoms with Crippen molar-refractivity contribution in [2.75, 3.05) is 18.4 Å². The summed E-state index contributed by atoms with van der Waals surface area (Å²) in [6, 6.07) is 2.57. The zero-order valence-corrected chi connectivity index (χ0v) is 19.3. The molecule has 1 aromatic carbocycles. The van der Waals surface area contributed by atoms with E-state index in [9.17, 15) is 35.1 Å². The molecule has 0 aliphatic heterocycles. The second-order valence-electron chi connectivity index (χ2n) is 7.47. The molecular weight excluding hydrogens is 549 g/mol. The largest absolute Gasteiger partial charge is 0.454 e. The van der Waals surface area contributed by atoms with Gasteiger partial charge in [-0.2, -0.15) is 35.1 Å². The molecule has 184 valence electrons. The molecule has 3 rings (SSSR count). The first-order valence-corrected chi connectivity index (χ1v) is 11.2. The summed E-state index contributed by atoms with van der Waals surface area (Å²) in [5, 5.41) is 2.36. The molecule has 0 unspecified atom stereocenters. The number of halogens is 11. The summed E-state index contributed by atoms with van der Waals surface area (Å²) < 4.78 is 106. The summed E-state index contributed by atoms with van der Waals surface area (Å²) in [7, 11) is 0. The van der Waals surface area contributed by atoms with Gasteiger partial charge in [0.2, 0.25) is 0 Å². The van der Waals surface area contributed by atoms with E-state index in [0.29, 0.717) is 29.1 Å². The highest BCUT2D eigenvalue weighted by atomic mass is 35.5. The Labute approximate surface area is 201 Å². The van der Waals surface area contributed by atoms with Gasteiger partial charge in [0.1, 0.15) is 0 Å². The van der Waals surface area contributed by atoms with Crippen molar-refractivity contribution in [3.63, 3.8) is 0 Å².